The topological polar surface area (TPSA) is 93.3 Å². The van der Waals surface area contributed by atoms with E-state index in [-0.39, 0.29) is 18.1 Å². The average Bonchev–Trinajstić information content (AvgIpc) is 3.25. The average molecular weight is 367 g/mol. The van der Waals surface area contributed by atoms with Gasteiger partial charge in [0.1, 0.15) is 5.82 Å². The van der Waals surface area contributed by atoms with Gasteiger partial charge in [0.05, 0.1) is 24.4 Å². The summed E-state index contributed by atoms with van der Waals surface area (Å²) in [6.45, 7) is 6.86. The molecule has 4 fully saturated rings. The van der Waals surface area contributed by atoms with Crippen LogP contribution < -0.4 is 15.5 Å². The maximum absolute atomic E-state index is 5.79. The van der Waals surface area contributed by atoms with E-state index in [9.17, 15) is 0 Å². The Morgan fingerprint density at radius 1 is 1.07 bits per heavy atom. The molecule has 0 aromatic carbocycles. The maximum Gasteiger partial charge on any atom is 0.228 e. The van der Waals surface area contributed by atoms with Crippen LogP contribution >= 0.6 is 0 Å². The fourth-order valence-corrected chi connectivity index (χ4v) is 4.31. The number of morpholine rings is 1. The Morgan fingerprint density at radius 2 is 1.85 bits per heavy atom. The van der Waals surface area contributed by atoms with Crippen molar-refractivity contribution in [3.8, 4) is 11.3 Å². The van der Waals surface area contributed by atoms with Gasteiger partial charge >= 0.3 is 0 Å². The number of rotatable bonds is 3. The lowest BCUT2D eigenvalue weighted by Gasteiger charge is -2.38. The van der Waals surface area contributed by atoms with Gasteiger partial charge in [0.15, 0.2) is 0 Å². The highest BCUT2D eigenvalue weighted by Gasteiger charge is 2.44. The molecule has 8 nitrogen and oxygen atoms in total. The van der Waals surface area contributed by atoms with Crippen LogP contribution in [0.15, 0.2) is 18.5 Å². The molecule has 3 aliphatic heterocycles. The minimum absolute atomic E-state index is 0.183. The minimum Gasteiger partial charge on any atom is -0.375 e. The molecular formula is C19H25N7O. The first-order valence-corrected chi connectivity index (χ1v) is 9.68. The molecule has 2 aromatic heterocycles. The highest BCUT2D eigenvalue weighted by atomic mass is 16.5. The summed E-state index contributed by atoms with van der Waals surface area (Å²) in [6.07, 6.45) is 6.17. The Morgan fingerprint density at radius 3 is 2.56 bits per heavy atom. The fraction of sp³-hybridized carbons (Fsp3) is 0.579. The highest BCUT2D eigenvalue weighted by Crippen LogP contribution is 2.43. The molecule has 0 amide bonds. The smallest absolute Gasteiger partial charge is 0.228 e. The molecule has 1 saturated carbocycles. The van der Waals surface area contributed by atoms with Crippen molar-refractivity contribution in [2.75, 3.05) is 35.2 Å². The largest absolute Gasteiger partial charge is 0.375 e. The van der Waals surface area contributed by atoms with E-state index in [1.165, 1.54) is 12.8 Å². The summed E-state index contributed by atoms with van der Waals surface area (Å²) in [6, 6.07) is 2.89. The van der Waals surface area contributed by atoms with E-state index in [2.05, 4.69) is 33.6 Å². The summed E-state index contributed by atoms with van der Waals surface area (Å²) in [7, 11) is 0. The minimum atomic E-state index is 0.183. The van der Waals surface area contributed by atoms with Gasteiger partial charge in [-0.05, 0) is 32.6 Å². The van der Waals surface area contributed by atoms with Crippen LogP contribution in [0.5, 0.6) is 0 Å². The summed E-state index contributed by atoms with van der Waals surface area (Å²) in [5.74, 6) is 2.83. The standard InChI is InChI=1S/C19H25N7O/c1-11-10-27-12(2)8-25(11)17-5-16(14-6-21-18(20)22-7-14)23-19(24-17)26-9-13-3-15(26)4-13/h5-7,11-13,15H,3-4,8-10H2,1-2H3,(H2,20,21,22)/t11-,12-,13?,15?/m0/s1. The molecule has 8 heteroatoms. The third-order valence-corrected chi connectivity index (χ3v) is 5.93. The molecule has 2 N–H and O–H groups in total. The van der Waals surface area contributed by atoms with Crippen LogP contribution in [-0.4, -0.2) is 57.8 Å². The van der Waals surface area contributed by atoms with Crippen LogP contribution in [0, 0.1) is 5.92 Å². The van der Waals surface area contributed by atoms with Crippen LogP contribution in [0.1, 0.15) is 26.7 Å². The van der Waals surface area contributed by atoms with Crippen molar-refractivity contribution in [3.63, 3.8) is 0 Å². The van der Waals surface area contributed by atoms with Gasteiger partial charge in [-0.25, -0.2) is 15.0 Å². The highest BCUT2D eigenvalue weighted by molar-refractivity contribution is 5.65. The van der Waals surface area contributed by atoms with E-state index in [1.54, 1.807) is 12.4 Å². The van der Waals surface area contributed by atoms with Gasteiger partial charge in [-0.2, -0.15) is 4.98 Å². The molecule has 2 atom stereocenters. The summed E-state index contributed by atoms with van der Waals surface area (Å²) in [5.41, 5.74) is 7.35. The van der Waals surface area contributed by atoms with Crippen LogP contribution in [0.2, 0.25) is 0 Å². The van der Waals surface area contributed by atoms with Gasteiger partial charge in [0.25, 0.3) is 0 Å². The number of hydrogen-bond donors (Lipinski definition) is 1. The number of ether oxygens (including phenoxy) is 1. The fourth-order valence-electron chi connectivity index (χ4n) is 4.31. The van der Waals surface area contributed by atoms with E-state index in [0.717, 1.165) is 42.0 Å². The number of nitrogen functional groups attached to an aromatic ring is 1. The van der Waals surface area contributed by atoms with E-state index < -0.39 is 0 Å². The third-order valence-electron chi connectivity index (χ3n) is 5.93. The second kappa shape index (κ2) is 6.30. The van der Waals surface area contributed by atoms with Crippen LogP contribution in [0.3, 0.4) is 0 Å². The Balaban J connectivity index is 1.57. The van der Waals surface area contributed by atoms with Crippen LogP contribution in [0.25, 0.3) is 11.3 Å². The monoisotopic (exact) mass is 367 g/mol. The van der Waals surface area contributed by atoms with Crippen molar-refractivity contribution in [2.45, 2.75) is 44.9 Å². The molecular weight excluding hydrogens is 342 g/mol. The van der Waals surface area contributed by atoms with Gasteiger partial charge in [0, 0.05) is 43.2 Å². The molecule has 3 saturated heterocycles. The first-order chi connectivity index (χ1) is 13.1. The van der Waals surface area contributed by atoms with Gasteiger partial charge in [-0.15, -0.1) is 0 Å². The molecule has 0 spiro atoms. The van der Waals surface area contributed by atoms with Gasteiger partial charge in [-0.1, -0.05) is 0 Å². The van der Waals surface area contributed by atoms with Crippen molar-refractivity contribution < 1.29 is 4.74 Å². The lowest BCUT2D eigenvalue weighted by Crippen LogP contribution is -2.48. The predicted molar refractivity (Wildman–Crippen MR) is 104 cm³/mol. The van der Waals surface area contributed by atoms with Gasteiger partial charge in [-0.3, -0.25) is 0 Å². The molecule has 5 heterocycles. The molecule has 1 aliphatic carbocycles. The maximum atomic E-state index is 5.79. The second-order valence-electron chi connectivity index (χ2n) is 8.03. The van der Waals surface area contributed by atoms with Crippen molar-refractivity contribution in [1.82, 2.24) is 19.9 Å². The number of aromatic nitrogens is 4. The quantitative estimate of drug-likeness (QED) is 0.877. The zero-order chi connectivity index (χ0) is 18.5. The Kier molecular flexibility index (Phi) is 3.89. The predicted octanol–water partition coefficient (Wildman–Crippen LogP) is 1.73. The van der Waals surface area contributed by atoms with Gasteiger partial charge in [0.2, 0.25) is 11.9 Å². The van der Waals surface area contributed by atoms with E-state index >= 15 is 0 Å². The summed E-state index contributed by atoms with van der Waals surface area (Å²) >= 11 is 0. The van der Waals surface area contributed by atoms with Crippen LogP contribution in [0.4, 0.5) is 17.7 Å². The van der Waals surface area contributed by atoms with Crippen molar-refractivity contribution >= 4 is 17.7 Å². The van der Waals surface area contributed by atoms with Crippen molar-refractivity contribution in [3.05, 3.63) is 18.5 Å². The number of hydrogen-bond acceptors (Lipinski definition) is 8. The zero-order valence-electron chi connectivity index (χ0n) is 15.7. The first kappa shape index (κ1) is 16.7. The third kappa shape index (κ3) is 2.97. The first-order valence-electron chi connectivity index (χ1n) is 9.68. The van der Waals surface area contributed by atoms with Crippen LogP contribution in [-0.2, 0) is 4.74 Å². The molecule has 0 unspecified atom stereocenters. The number of nitrogens with two attached hydrogens (primary N) is 1. The van der Waals surface area contributed by atoms with Crippen molar-refractivity contribution in [1.29, 1.82) is 0 Å². The van der Waals surface area contributed by atoms with E-state index in [0.29, 0.717) is 12.6 Å². The molecule has 0 radical (unpaired) electrons. The van der Waals surface area contributed by atoms with Crippen molar-refractivity contribution in [2.24, 2.45) is 5.92 Å². The lowest BCUT2D eigenvalue weighted by atomic mass is 9.86. The Hall–Kier alpha value is -2.48. The molecule has 2 aromatic rings. The van der Waals surface area contributed by atoms with Gasteiger partial charge < -0.3 is 20.3 Å². The molecule has 142 valence electrons. The number of anilines is 3. The Labute approximate surface area is 158 Å². The Bertz CT molecular complexity index is 836. The molecule has 6 rings (SSSR count). The molecule has 2 bridgehead atoms. The molecule has 27 heavy (non-hydrogen) atoms. The summed E-state index contributed by atoms with van der Waals surface area (Å²) in [5, 5.41) is 0. The number of fused-ring (bicyclic) bond motifs is 1. The summed E-state index contributed by atoms with van der Waals surface area (Å²) < 4.78 is 5.79. The van der Waals surface area contributed by atoms with E-state index in [1.807, 2.05) is 6.07 Å². The number of nitrogens with zero attached hydrogens (tertiary/aromatic N) is 6. The second-order valence-corrected chi connectivity index (χ2v) is 8.03. The SMILES string of the molecule is C[C@H]1CN(c2cc(-c3cnc(N)nc3)nc(N3CC4CC3C4)n2)[C@@H](C)CO1. The van der Waals surface area contributed by atoms with E-state index in [4.69, 9.17) is 20.4 Å². The normalized spacial score (nSPS) is 29.7. The molecule has 4 aliphatic rings. The summed E-state index contributed by atoms with van der Waals surface area (Å²) in [4.78, 5) is 22.8. The lowest BCUT2D eigenvalue weighted by molar-refractivity contribution is 0.0340. The zero-order valence-corrected chi connectivity index (χ0v) is 15.7.